The lowest BCUT2D eigenvalue weighted by Crippen LogP contribution is -1.99. The maximum atomic E-state index is 5.42. The molecule has 0 saturated carbocycles. The molecule has 0 amide bonds. The van der Waals surface area contributed by atoms with Crippen molar-refractivity contribution in [2.45, 2.75) is 12.3 Å². The van der Waals surface area contributed by atoms with Gasteiger partial charge in [0.15, 0.2) is 11.6 Å². The first-order valence-electron chi connectivity index (χ1n) is 6.78. The zero-order valence-electron chi connectivity index (χ0n) is 11.2. The summed E-state index contributed by atoms with van der Waals surface area (Å²) in [7, 11) is 0. The monoisotopic (exact) mass is 283 g/mol. The van der Waals surface area contributed by atoms with E-state index in [0.29, 0.717) is 24.1 Å². The second kappa shape index (κ2) is 5.10. The Labute approximate surface area is 120 Å². The third-order valence-corrected chi connectivity index (χ3v) is 3.56. The van der Waals surface area contributed by atoms with Crippen molar-refractivity contribution in [1.82, 2.24) is 25.3 Å². The van der Waals surface area contributed by atoms with Gasteiger partial charge in [0.25, 0.3) is 5.89 Å². The molecule has 0 aliphatic carbocycles. The van der Waals surface area contributed by atoms with Crippen LogP contribution in [0.1, 0.15) is 18.2 Å². The third kappa shape index (κ3) is 2.21. The number of hydrogen-bond acceptors (Lipinski definition) is 6. The van der Waals surface area contributed by atoms with Crippen molar-refractivity contribution in [3.05, 3.63) is 36.4 Å². The second-order valence-electron chi connectivity index (χ2n) is 4.90. The average Bonchev–Trinajstić information content (AvgIpc) is 3.27. The van der Waals surface area contributed by atoms with Gasteiger partial charge in [-0.3, -0.25) is 5.10 Å². The van der Waals surface area contributed by atoms with E-state index in [1.165, 1.54) is 6.33 Å². The quantitative estimate of drug-likeness (QED) is 0.791. The highest BCUT2D eigenvalue weighted by Gasteiger charge is 2.24. The van der Waals surface area contributed by atoms with Gasteiger partial charge in [0.05, 0.1) is 12.2 Å². The predicted octanol–water partition coefficient (Wildman–Crippen LogP) is 2.03. The molecule has 0 radical (unpaired) electrons. The Kier molecular flexibility index (Phi) is 2.97. The highest BCUT2D eigenvalue weighted by Crippen LogP contribution is 2.30. The Morgan fingerprint density at radius 2 is 2.10 bits per heavy atom. The molecule has 7 nitrogen and oxygen atoms in total. The topological polar surface area (TPSA) is 89.7 Å². The fraction of sp³-hybridized carbons (Fsp3) is 0.286. The van der Waals surface area contributed by atoms with Gasteiger partial charge in [-0.15, -0.1) is 0 Å². The van der Waals surface area contributed by atoms with Crippen LogP contribution in [0, 0.1) is 0 Å². The van der Waals surface area contributed by atoms with Gasteiger partial charge in [-0.1, -0.05) is 23.4 Å². The zero-order chi connectivity index (χ0) is 14.1. The van der Waals surface area contributed by atoms with E-state index in [4.69, 9.17) is 9.26 Å². The summed E-state index contributed by atoms with van der Waals surface area (Å²) in [4.78, 5) is 8.69. The average molecular weight is 283 g/mol. The summed E-state index contributed by atoms with van der Waals surface area (Å²) < 4.78 is 10.8. The highest BCUT2D eigenvalue weighted by molar-refractivity contribution is 5.75. The first-order chi connectivity index (χ1) is 10.4. The van der Waals surface area contributed by atoms with E-state index in [1.54, 1.807) is 0 Å². The standard InChI is InChI=1S/C14H13N5O2/c1-2-4-11(10(3-1)13-15-8-16-18-13)14-17-12(19-21-14)9-5-6-20-7-9/h1-4,8-9H,5-7H2,(H,15,16,18). The van der Waals surface area contributed by atoms with E-state index in [1.807, 2.05) is 24.3 Å². The molecule has 1 fully saturated rings. The SMILES string of the molecule is c1ccc(-c2nc(C3CCOC3)no2)c(-c2ncn[nH]2)c1. The van der Waals surface area contributed by atoms with Gasteiger partial charge in [0, 0.05) is 18.1 Å². The number of nitrogens with zero attached hydrogens (tertiary/aromatic N) is 4. The second-order valence-corrected chi connectivity index (χ2v) is 4.90. The number of ether oxygens (including phenoxy) is 1. The normalized spacial score (nSPS) is 18.2. The van der Waals surface area contributed by atoms with Crippen molar-refractivity contribution in [2.75, 3.05) is 13.2 Å². The molecule has 7 heteroatoms. The largest absolute Gasteiger partial charge is 0.381 e. The molecule has 0 spiro atoms. The van der Waals surface area contributed by atoms with Gasteiger partial charge in [0.1, 0.15) is 6.33 Å². The minimum atomic E-state index is 0.222. The van der Waals surface area contributed by atoms with Gasteiger partial charge in [-0.25, -0.2) is 4.98 Å². The number of H-pyrrole nitrogens is 1. The number of nitrogens with one attached hydrogen (secondary N) is 1. The van der Waals surface area contributed by atoms with E-state index in [2.05, 4.69) is 25.3 Å². The van der Waals surface area contributed by atoms with Crippen LogP contribution in [-0.2, 0) is 4.74 Å². The van der Waals surface area contributed by atoms with Crippen molar-refractivity contribution < 1.29 is 9.26 Å². The van der Waals surface area contributed by atoms with Crippen LogP contribution in [0.3, 0.4) is 0 Å². The molecule has 1 aliphatic heterocycles. The van der Waals surface area contributed by atoms with Crippen LogP contribution in [0.4, 0.5) is 0 Å². The van der Waals surface area contributed by atoms with Crippen molar-refractivity contribution >= 4 is 0 Å². The summed E-state index contributed by atoms with van der Waals surface area (Å²) in [5.74, 6) is 2.09. The predicted molar refractivity (Wildman–Crippen MR) is 73.3 cm³/mol. The molecule has 2 aromatic heterocycles. The summed E-state index contributed by atoms with van der Waals surface area (Å²) in [6, 6.07) is 7.74. The van der Waals surface area contributed by atoms with Crippen LogP contribution in [0.5, 0.6) is 0 Å². The maximum Gasteiger partial charge on any atom is 0.258 e. The lowest BCUT2D eigenvalue weighted by atomic mass is 10.1. The molecule has 1 aromatic carbocycles. The minimum Gasteiger partial charge on any atom is -0.381 e. The summed E-state index contributed by atoms with van der Waals surface area (Å²) in [6.45, 7) is 1.41. The molecule has 21 heavy (non-hydrogen) atoms. The van der Waals surface area contributed by atoms with E-state index in [9.17, 15) is 0 Å². The van der Waals surface area contributed by atoms with Crippen molar-refractivity contribution in [3.8, 4) is 22.8 Å². The molecule has 106 valence electrons. The van der Waals surface area contributed by atoms with Gasteiger partial charge in [-0.2, -0.15) is 10.1 Å². The molecular weight excluding hydrogens is 270 g/mol. The van der Waals surface area contributed by atoms with Crippen LogP contribution in [0.2, 0.25) is 0 Å². The van der Waals surface area contributed by atoms with Gasteiger partial charge in [-0.05, 0) is 12.5 Å². The Morgan fingerprint density at radius 1 is 1.19 bits per heavy atom. The van der Waals surface area contributed by atoms with Gasteiger partial charge < -0.3 is 9.26 Å². The lowest BCUT2D eigenvalue weighted by molar-refractivity contribution is 0.192. The van der Waals surface area contributed by atoms with Crippen LogP contribution in [0.15, 0.2) is 35.1 Å². The first-order valence-corrected chi connectivity index (χ1v) is 6.78. The van der Waals surface area contributed by atoms with Crippen molar-refractivity contribution in [2.24, 2.45) is 0 Å². The van der Waals surface area contributed by atoms with Crippen molar-refractivity contribution in [3.63, 3.8) is 0 Å². The maximum absolute atomic E-state index is 5.42. The molecular formula is C14H13N5O2. The van der Waals surface area contributed by atoms with Crippen LogP contribution in [-0.4, -0.2) is 38.5 Å². The first kappa shape index (κ1) is 12.2. The molecule has 3 heterocycles. The minimum absolute atomic E-state index is 0.222. The van der Waals surface area contributed by atoms with E-state index in [0.717, 1.165) is 24.2 Å². The smallest absolute Gasteiger partial charge is 0.258 e. The summed E-state index contributed by atoms with van der Waals surface area (Å²) in [6.07, 6.45) is 2.41. The van der Waals surface area contributed by atoms with Crippen LogP contribution < -0.4 is 0 Å². The van der Waals surface area contributed by atoms with Gasteiger partial charge >= 0.3 is 0 Å². The molecule has 1 unspecified atom stereocenters. The van der Waals surface area contributed by atoms with E-state index in [-0.39, 0.29) is 5.92 Å². The zero-order valence-corrected chi connectivity index (χ0v) is 11.2. The fourth-order valence-electron chi connectivity index (χ4n) is 2.46. The van der Waals surface area contributed by atoms with Gasteiger partial charge in [0.2, 0.25) is 0 Å². The summed E-state index contributed by atoms with van der Waals surface area (Å²) >= 11 is 0. The highest BCUT2D eigenvalue weighted by atomic mass is 16.5. The van der Waals surface area contributed by atoms with E-state index < -0.39 is 0 Å². The Hall–Kier alpha value is -2.54. The molecule has 3 aromatic rings. The molecule has 1 atom stereocenters. The Morgan fingerprint density at radius 3 is 2.86 bits per heavy atom. The summed E-state index contributed by atoms with van der Waals surface area (Å²) in [5, 5.41) is 10.8. The third-order valence-electron chi connectivity index (χ3n) is 3.56. The summed E-state index contributed by atoms with van der Waals surface area (Å²) in [5.41, 5.74) is 1.72. The van der Waals surface area contributed by atoms with Crippen molar-refractivity contribution in [1.29, 1.82) is 0 Å². The number of hydrogen-bond donors (Lipinski definition) is 1. The molecule has 1 aliphatic rings. The molecule has 1 saturated heterocycles. The van der Waals surface area contributed by atoms with Crippen LogP contribution >= 0.6 is 0 Å². The number of aromatic amines is 1. The molecule has 0 bridgehead atoms. The molecule has 4 rings (SSSR count). The fourth-order valence-corrected chi connectivity index (χ4v) is 2.46. The number of aromatic nitrogens is 5. The van der Waals surface area contributed by atoms with E-state index >= 15 is 0 Å². The van der Waals surface area contributed by atoms with Crippen LogP contribution in [0.25, 0.3) is 22.8 Å². The molecule has 1 N–H and O–H groups in total. The lowest BCUT2D eigenvalue weighted by Gasteiger charge is -2.02. The number of rotatable bonds is 3. The Bertz CT molecular complexity index is 731. The number of benzene rings is 1. The Balaban J connectivity index is 1.74.